The SMILES string of the molecule is O=C(CC(O)c1ccc2ccccc2c1)Nc1ccccc1. The Morgan fingerprint density at radius 2 is 1.59 bits per heavy atom. The lowest BCUT2D eigenvalue weighted by Gasteiger charge is -2.12. The molecule has 0 aliphatic rings. The lowest BCUT2D eigenvalue weighted by atomic mass is 10.0. The zero-order valence-corrected chi connectivity index (χ0v) is 12.1. The summed E-state index contributed by atoms with van der Waals surface area (Å²) in [7, 11) is 0. The first-order chi connectivity index (χ1) is 10.7. The molecular formula is C19H17NO2. The fourth-order valence-electron chi connectivity index (χ4n) is 2.44. The van der Waals surface area contributed by atoms with E-state index in [9.17, 15) is 9.90 Å². The number of fused-ring (bicyclic) bond motifs is 1. The average Bonchev–Trinajstić information content (AvgIpc) is 2.55. The third-order valence-corrected chi connectivity index (χ3v) is 3.59. The predicted molar refractivity (Wildman–Crippen MR) is 88.6 cm³/mol. The van der Waals surface area contributed by atoms with Gasteiger partial charge >= 0.3 is 0 Å². The molecule has 3 nitrogen and oxygen atoms in total. The summed E-state index contributed by atoms with van der Waals surface area (Å²) < 4.78 is 0. The zero-order valence-electron chi connectivity index (χ0n) is 12.1. The number of anilines is 1. The fraction of sp³-hybridized carbons (Fsp3) is 0.105. The van der Waals surface area contributed by atoms with Crippen LogP contribution in [0.2, 0.25) is 0 Å². The van der Waals surface area contributed by atoms with Crippen molar-refractivity contribution in [3.63, 3.8) is 0 Å². The van der Waals surface area contributed by atoms with Gasteiger partial charge in [0.2, 0.25) is 5.91 Å². The molecule has 3 heteroatoms. The maximum absolute atomic E-state index is 12.0. The summed E-state index contributed by atoms with van der Waals surface area (Å²) in [5.41, 5.74) is 1.49. The number of hydrogen-bond acceptors (Lipinski definition) is 2. The molecule has 0 aliphatic carbocycles. The Morgan fingerprint density at radius 1 is 0.909 bits per heavy atom. The van der Waals surface area contributed by atoms with Crippen LogP contribution in [0.3, 0.4) is 0 Å². The largest absolute Gasteiger partial charge is 0.388 e. The van der Waals surface area contributed by atoms with Crippen molar-refractivity contribution in [1.29, 1.82) is 0 Å². The predicted octanol–water partition coefficient (Wildman–Crippen LogP) is 3.90. The van der Waals surface area contributed by atoms with Gasteiger partial charge in [-0.15, -0.1) is 0 Å². The minimum atomic E-state index is -0.812. The molecule has 3 aromatic carbocycles. The van der Waals surface area contributed by atoms with E-state index in [0.29, 0.717) is 0 Å². The van der Waals surface area contributed by atoms with Crippen LogP contribution >= 0.6 is 0 Å². The van der Waals surface area contributed by atoms with Crippen molar-refractivity contribution in [3.05, 3.63) is 78.4 Å². The summed E-state index contributed by atoms with van der Waals surface area (Å²) in [6.07, 6.45) is -0.777. The molecule has 1 atom stereocenters. The topological polar surface area (TPSA) is 49.3 Å². The molecule has 0 fully saturated rings. The molecule has 22 heavy (non-hydrogen) atoms. The highest BCUT2D eigenvalue weighted by atomic mass is 16.3. The zero-order chi connectivity index (χ0) is 15.4. The van der Waals surface area contributed by atoms with E-state index in [4.69, 9.17) is 0 Å². The van der Waals surface area contributed by atoms with Crippen LogP contribution in [0.1, 0.15) is 18.1 Å². The molecule has 3 aromatic rings. The maximum Gasteiger partial charge on any atom is 0.227 e. The summed E-state index contributed by atoms with van der Waals surface area (Å²) in [6.45, 7) is 0. The quantitative estimate of drug-likeness (QED) is 0.766. The lowest BCUT2D eigenvalue weighted by Crippen LogP contribution is -2.15. The molecule has 3 rings (SSSR count). The van der Waals surface area contributed by atoms with Crippen molar-refractivity contribution < 1.29 is 9.90 Å². The molecular weight excluding hydrogens is 274 g/mol. The van der Waals surface area contributed by atoms with Crippen LogP contribution in [0.4, 0.5) is 5.69 Å². The molecule has 1 amide bonds. The highest BCUT2D eigenvalue weighted by molar-refractivity contribution is 5.91. The number of rotatable bonds is 4. The summed E-state index contributed by atoms with van der Waals surface area (Å²) >= 11 is 0. The van der Waals surface area contributed by atoms with Crippen LogP contribution in [0.5, 0.6) is 0 Å². The second-order valence-electron chi connectivity index (χ2n) is 5.24. The molecule has 110 valence electrons. The van der Waals surface area contributed by atoms with Crippen molar-refractivity contribution in [2.45, 2.75) is 12.5 Å². The molecule has 0 spiro atoms. The Labute approximate surface area is 129 Å². The van der Waals surface area contributed by atoms with Gasteiger partial charge in [-0.2, -0.15) is 0 Å². The molecule has 0 bridgehead atoms. The molecule has 0 saturated carbocycles. The van der Waals surface area contributed by atoms with E-state index in [-0.39, 0.29) is 12.3 Å². The number of benzene rings is 3. The van der Waals surface area contributed by atoms with E-state index in [1.165, 1.54) is 0 Å². The molecule has 0 saturated heterocycles. The van der Waals surface area contributed by atoms with Crippen molar-refractivity contribution >= 4 is 22.4 Å². The van der Waals surface area contributed by atoms with Crippen molar-refractivity contribution in [2.75, 3.05) is 5.32 Å². The minimum absolute atomic E-state index is 0.0350. The Kier molecular flexibility index (Phi) is 4.17. The van der Waals surface area contributed by atoms with Crippen molar-refractivity contribution in [3.8, 4) is 0 Å². The first kappa shape index (κ1) is 14.3. The Hall–Kier alpha value is -2.65. The lowest BCUT2D eigenvalue weighted by molar-refractivity contribution is -0.118. The summed E-state index contributed by atoms with van der Waals surface area (Å²) in [6, 6.07) is 22.9. The van der Waals surface area contributed by atoms with Gasteiger partial charge in [-0.25, -0.2) is 0 Å². The average molecular weight is 291 g/mol. The number of nitrogens with one attached hydrogen (secondary N) is 1. The standard InChI is InChI=1S/C19H17NO2/c21-18(13-19(22)20-17-8-2-1-3-9-17)16-11-10-14-6-4-5-7-15(14)12-16/h1-12,18,21H,13H2,(H,20,22). The first-order valence-electron chi connectivity index (χ1n) is 7.24. The van der Waals surface area contributed by atoms with E-state index in [0.717, 1.165) is 22.0 Å². The van der Waals surface area contributed by atoms with Crippen molar-refractivity contribution in [1.82, 2.24) is 0 Å². The van der Waals surface area contributed by atoms with Crippen LogP contribution in [-0.2, 0) is 4.79 Å². The summed E-state index contributed by atoms with van der Waals surface area (Å²) in [5.74, 6) is -0.202. The van der Waals surface area contributed by atoms with Gasteiger partial charge in [0.05, 0.1) is 12.5 Å². The molecule has 0 aromatic heterocycles. The third-order valence-electron chi connectivity index (χ3n) is 3.59. The normalized spacial score (nSPS) is 12.0. The number of aliphatic hydroxyl groups is 1. The molecule has 2 N–H and O–H groups in total. The van der Waals surface area contributed by atoms with Crippen LogP contribution in [0, 0.1) is 0 Å². The number of aliphatic hydroxyl groups excluding tert-OH is 1. The summed E-state index contributed by atoms with van der Waals surface area (Å²) in [5, 5.41) is 15.2. The number of amides is 1. The van der Waals surface area contributed by atoms with E-state index in [2.05, 4.69) is 5.32 Å². The van der Waals surface area contributed by atoms with Gasteiger partial charge in [0.1, 0.15) is 0 Å². The number of para-hydroxylation sites is 1. The van der Waals surface area contributed by atoms with Gasteiger partial charge in [0.25, 0.3) is 0 Å². The molecule has 0 radical (unpaired) electrons. The second-order valence-corrected chi connectivity index (χ2v) is 5.24. The minimum Gasteiger partial charge on any atom is -0.388 e. The van der Waals surface area contributed by atoms with Crippen LogP contribution in [-0.4, -0.2) is 11.0 Å². The van der Waals surface area contributed by atoms with Gasteiger partial charge in [0.15, 0.2) is 0 Å². The fourth-order valence-corrected chi connectivity index (χ4v) is 2.44. The Balaban J connectivity index is 1.70. The number of carbonyl (C=O) groups excluding carboxylic acids is 1. The number of carbonyl (C=O) groups is 1. The van der Waals surface area contributed by atoms with Gasteiger partial charge < -0.3 is 10.4 Å². The smallest absolute Gasteiger partial charge is 0.227 e. The first-order valence-corrected chi connectivity index (χ1v) is 7.24. The monoisotopic (exact) mass is 291 g/mol. The third kappa shape index (κ3) is 3.32. The van der Waals surface area contributed by atoms with Gasteiger partial charge in [-0.3, -0.25) is 4.79 Å². The number of hydrogen-bond donors (Lipinski definition) is 2. The Bertz CT molecular complexity index is 784. The molecule has 0 heterocycles. The van der Waals surface area contributed by atoms with Gasteiger partial charge in [0, 0.05) is 5.69 Å². The second kappa shape index (κ2) is 6.41. The molecule has 1 unspecified atom stereocenters. The van der Waals surface area contributed by atoms with Crippen LogP contribution in [0.25, 0.3) is 10.8 Å². The van der Waals surface area contributed by atoms with Crippen LogP contribution < -0.4 is 5.32 Å². The van der Waals surface area contributed by atoms with E-state index >= 15 is 0 Å². The Morgan fingerprint density at radius 3 is 2.36 bits per heavy atom. The van der Waals surface area contributed by atoms with Gasteiger partial charge in [-0.1, -0.05) is 54.6 Å². The van der Waals surface area contributed by atoms with Gasteiger partial charge in [-0.05, 0) is 34.5 Å². The highest BCUT2D eigenvalue weighted by Crippen LogP contribution is 2.22. The van der Waals surface area contributed by atoms with E-state index in [1.54, 1.807) is 0 Å². The van der Waals surface area contributed by atoms with Crippen LogP contribution in [0.15, 0.2) is 72.8 Å². The molecule has 0 aliphatic heterocycles. The summed E-state index contributed by atoms with van der Waals surface area (Å²) in [4.78, 5) is 12.0. The highest BCUT2D eigenvalue weighted by Gasteiger charge is 2.13. The maximum atomic E-state index is 12.0. The van der Waals surface area contributed by atoms with Crippen molar-refractivity contribution in [2.24, 2.45) is 0 Å². The van der Waals surface area contributed by atoms with E-state index in [1.807, 2.05) is 72.8 Å². The van der Waals surface area contributed by atoms with E-state index < -0.39 is 6.10 Å².